The summed E-state index contributed by atoms with van der Waals surface area (Å²) in [6.45, 7) is 2.18. The second-order valence-corrected chi connectivity index (χ2v) is 3.22. The first-order chi connectivity index (χ1) is 4.88. The number of nitrogens with zero attached hydrogens (tertiary/aromatic N) is 1. The van der Waals surface area contributed by atoms with Crippen LogP contribution in [0.25, 0.3) is 0 Å². The van der Waals surface area contributed by atoms with Crippen LogP contribution in [0.3, 0.4) is 0 Å². The number of unbranched alkanes of at least 4 members (excludes halogenated alkanes) is 1. The van der Waals surface area contributed by atoms with Crippen molar-refractivity contribution in [2.75, 3.05) is 0 Å². The fraction of sp³-hybridized carbons (Fsp3) is 0.889. The van der Waals surface area contributed by atoms with Gasteiger partial charge in [-0.2, -0.15) is 5.26 Å². The molecule has 0 aromatic rings. The van der Waals surface area contributed by atoms with Gasteiger partial charge in [0.1, 0.15) is 0 Å². The van der Waals surface area contributed by atoms with Gasteiger partial charge in [-0.3, -0.25) is 0 Å². The predicted octanol–water partition coefficient (Wildman–Crippen LogP) is 2.73. The van der Waals surface area contributed by atoms with Crippen LogP contribution >= 0.6 is 0 Å². The second-order valence-electron chi connectivity index (χ2n) is 3.22. The van der Waals surface area contributed by atoms with E-state index in [-0.39, 0.29) is 0 Å². The maximum Gasteiger partial charge on any atom is 0.0658 e. The van der Waals surface area contributed by atoms with E-state index in [4.69, 9.17) is 5.26 Å². The van der Waals surface area contributed by atoms with Crippen LogP contribution in [0.1, 0.15) is 39.0 Å². The highest BCUT2D eigenvalue weighted by Crippen LogP contribution is 2.38. The van der Waals surface area contributed by atoms with Gasteiger partial charge in [0.15, 0.2) is 0 Å². The van der Waals surface area contributed by atoms with E-state index in [0.29, 0.717) is 5.92 Å². The standard InChI is InChI=1S/C9H15N/c1-2-3-4-9(7-10)8-5-6-8/h8-9H,2-6H2,1H3. The molecule has 1 heteroatoms. The van der Waals surface area contributed by atoms with E-state index < -0.39 is 0 Å². The molecule has 0 aromatic heterocycles. The quantitative estimate of drug-likeness (QED) is 0.584. The van der Waals surface area contributed by atoms with Gasteiger partial charge < -0.3 is 0 Å². The van der Waals surface area contributed by atoms with Gasteiger partial charge in [0.05, 0.1) is 6.07 Å². The van der Waals surface area contributed by atoms with Crippen LogP contribution < -0.4 is 0 Å². The molecule has 0 N–H and O–H groups in total. The average molecular weight is 137 g/mol. The van der Waals surface area contributed by atoms with Gasteiger partial charge >= 0.3 is 0 Å². The molecule has 0 heterocycles. The van der Waals surface area contributed by atoms with Crippen LogP contribution in [0.2, 0.25) is 0 Å². The van der Waals surface area contributed by atoms with Crippen LogP contribution in [0.15, 0.2) is 0 Å². The largest absolute Gasteiger partial charge is 0.198 e. The Balaban J connectivity index is 2.15. The molecule has 1 atom stereocenters. The van der Waals surface area contributed by atoms with Crippen molar-refractivity contribution in [2.24, 2.45) is 11.8 Å². The molecule has 1 aliphatic rings. The van der Waals surface area contributed by atoms with Crippen molar-refractivity contribution in [2.45, 2.75) is 39.0 Å². The Hall–Kier alpha value is -0.510. The maximum atomic E-state index is 8.71. The van der Waals surface area contributed by atoms with Crippen molar-refractivity contribution in [1.29, 1.82) is 5.26 Å². The van der Waals surface area contributed by atoms with E-state index in [1.807, 2.05) is 0 Å². The number of rotatable bonds is 4. The summed E-state index contributed by atoms with van der Waals surface area (Å²) >= 11 is 0. The first-order valence-electron chi connectivity index (χ1n) is 4.28. The molecule has 56 valence electrons. The van der Waals surface area contributed by atoms with Gasteiger partial charge in [-0.05, 0) is 25.2 Å². The Morgan fingerprint density at radius 1 is 1.60 bits per heavy atom. The van der Waals surface area contributed by atoms with Crippen molar-refractivity contribution in [1.82, 2.24) is 0 Å². The molecule has 10 heavy (non-hydrogen) atoms. The molecule has 1 saturated carbocycles. The highest BCUT2D eigenvalue weighted by atomic mass is 14.4. The Labute approximate surface area is 63.0 Å². The summed E-state index contributed by atoms with van der Waals surface area (Å²) in [6.07, 6.45) is 6.21. The number of nitriles is 1. The van der Waals surface area contributed by atoms with E-state index in [0.717, 1.165) is 12.3 Å². The van der Waals surface area contributed by atoms with Gasteiger partial charge in [0, 0.05) is 5.92 Å². The SMILES string of the molecule is CCCCC(C#N)C1CC1. The summed E-state index contributed by atoms with van der Waals surface area (Å²) < 4.78 is 0. The lowest BCUT2D eigenvalue weighted by Crippen LogP contribution is -1.98. The minimum absolute atomic E-state index is 0.389. The van der Waals surface area contributed by atoms with Crippen LogP contribution in [-0.2, 0) is 0 Å². The summed E-state index contributed by atoms with van der Waals surface area (Å²) in [4.78, 5) is 0. The molecule has 0 bridgehead atoms. The molecule has 1 nitrogen and oxygen atoms in total. The second kappa shape index (κ2) is 3.61. The fourth-order valence-corrected chi connectivity index (χ4v) is 1.33. The third-order valence-electron chi connectivity index (χ3n) is 2.23. The lowest BCUT2D eigenvalue weighted by atomic mass is 9.99. The molecule has 0 aliphatic heterocycles. The van der Waals surface area contributed by atoms with Gasteiger partial charge in [-0.15, -0.1) is 0 Å². The van der Waals surface area contributed by atoms with E-state index in [9.17, 15) is 0 Å². The average Bonchev–Trinajstić information content (AvgIpc) is 2.73. The van der Waals surface area contributed by atoms with E-state index >= 15 is 0 Å². The van der Waals surface area contributed by atoms with Gasteiger partial charge in [-0.1, -0.05) is 19.8 Å². The van der Waals surface area contributed by atoms with E-state index in [1.165, 1.54) is 25.7 Å². The molecule has 1 aliphatic carbocycles. The summed E-state index contributed by atoms with van der Waals surface area (Å²) in [7, 11) is 0. The summed E-state index contributed by atoms with van der Waals surface area (Å²) in [5.74, 6) is 1.16. The zero-order valence-corrected chi connectivity index (χ0v) is 6.64. The zero-order chi connectivity index (χ0) is 7.40. The van der Waals surface area contributed by atoms with Crippen molar-refractivity contribution in [3.05, 3.63) is 0 Å². The summed E-state index contributed by atoms with van der Waals surface area (Å²) in [6, 6.07) is 2.40. The van der Waals surface area contributed by atoms with Crippen LogP contribution in [0, 0.1) is 23.2 Å². The summed E-state index contributed by atoms with van der Waals surface area (Å²) in [5.41, 5.74) is 0. The van der Waals surface area contributed by atoms with E-state index in [2.05, 4.69) is 13.0 Å². The Kier molecular flexibility index (Phi) is 2.74. The highest BCUT2D eigenvalue weighted by molar-refractivity contribution is 4.94. The topological polar surface area (TPSA) is 23.8 Å². The molecule has 0 amide bonds. The third-order valence-corrected chi connectivity index (χ3v) is 2.23. The molecule has 0 aromatic carbocycles. The lowest BCUT2D eigenvalue weighted by Gasteiger charge is -2.03. The molecular formula is C9H15N. The summed E-state index contributed by atoms with van der Waals surface area (Å²) in [5, 5.41) is 8.71. The molecule has 1 fully saturated rings. The molecule has 1 rings (SSSR count). The minimum Gasteiger partial charge on any atom is -0.198 e. The normalized spacial score (nSPS) is 20.0. The zero-order valence-electron chi connectivity index (χ0n) is 6.64. The predicted molar refractivity (Wildman–Crippen MR) is 41.4 cm³/mol. The van der Waals surface area contributed by atoms with Crippen molar-refractivity contribution in [3.8, 4) is 6.07 Å². The molecule has 0 radical (unpaired) electrons. The molecule has 0 saturated heterocycles. The molecule has 1 unspecified atom stereocenters. The Morgan fingerprint density at radius 2 is 2.30 bits per heavy atom. The molecular weight excluding hydrogens is 122 g/mol. The smallest absolute Gasteiger partial charge is 0.0658 e. The Bertz CT molecular complexity index is 130. The van der Waals surface area contributed by atoms with Crippen LogP contribution in [-0.4, -0.2) is 0 Å². The third kappa shape index (κ3) is 2.02. The van der Waals surface area contributed by atoms with Crippen molar-refractivity contribution in [3.63, 3.8) is 0 Å². The van der Waals surface area contributed by atoms with Crippen LogP contribution in [0.5, 0.6) is 0 Å². The van der Waals surface area contributed by atoms with Crippen molar-refractivity contribution >= 4 is 0 Å². The number of hydrogen-bond donors (Lipinski definition) is 0. The Morgan fingerprint density at radius 3 is 2.70 bits per heavy atom. The monoisotopic (exact) mass is 137 g/mol. The lowest BCUT2D eigenvalue weighted by molar-refractivity contribution is 0.510. The highest BCUT2D eigenvalue weighted by Gasteiger charge is 2.30. The van der Waals surface area contributed by atoms with Gasteiger partial charge in [0.25, 0.3) is 0 Å². The van der Waals surface area contributed by atoms with Crippen molar-refractivity contribution < 1.29 is 0 Å². The first-order valence-corrected chi connectivity index (χ1v) is 4.28. The number of hydrogen-bond acceptors (Lipinski definition) is 1. The van der Waals surface area contributed by atoms with Gasteiger partial charge in [-0.25, -0.2) is 0 Å². The minimum atomic E-state index is 0.389. The van der Waals surface area contributed by atoms with Crippen LogP contribution in [0.4, 0.5) is 0 Å². The van der Waals surface area contributed by atoms with Gasteiger partial charge in [0.2, 0.25) is 0 Å². The van der Waals surface area contributed by atoms with E-state index in [1.54, 1.807) is 0 Å². The first kappa shape index (κ1) is 7.60. The maximum absolute atomic E-state index is 8.71. The molecule has 0 spiro atoms. The fourth-order valence-electron chi connectivity index (χ4n) is 1.33.